The van der Waals surface area contributed by atoms with Crippen LogP contribution in [0.1, 0.15) is 12.5 Å². The van der Waals surface area contributed by atoms with Gasteiger partial charge in [-0.2, -0.15) is 0 Å². The first-order valence-corrected chi connectivity index (χ1v) is 8.35. The Balaban J connectivity index is 1.58. The van der Waals surface area contributed by atoms with Crippen LogP contribution in [0.5, 0.6) is 0 Å². The monoisotopic (exact) mass is 320 g/mol. The average molecular weight is 320 g/mol. The second kappa shape index (κ2) is 6.39. The maximum atomic E-state index is 4.57. The van der Waals surface area contributed by atoms with Gasteiger partial charge in [-0.1, -0.05) is 13.0 Å². The number of piperazine rings is 1. The van der Waals surface area contributed by atoms with Crippen molar-refractivity contribution >= 4 is 22.7 Å². The third-order valence-electron chi connectivity index (χ3n) is 4.50. The predicted molar refractivity (Wildman–Crippen MR) is 95.4 cm³/mol. The standard InChI is InChI=1S/C18H20N6/c1-2-14-4-5-16-15(12-14)17(22-13-21-16)23-8-10-24(11-9-23)18-19-6-3-7-20-18/h3-7,12-13H,2,8-11H2,1H3. The van der Waals surface area contributed by atoms with Crippen molar-refractivity contribution in [2.75, 3.05) is 36.0 Å². The van der Waals surface area contributed by atoms with E-state index in [0.717, 1.165) is 55.3 Å². The summed E-state index contributed by atoms with van der Waals surface area (Å²) in [7, 11) is 0. The Morgan fingerprint density at radius 1 is 0.917 bits per heavy atom. The first-order valence-electron chi connectivity index (χ1n) is 8.35. The molecule has 1 saturated heterocycles. The lowest BCUT2D eigenvalue weighted by Gasteiger charge is -2.35. The molecule has 24 heavy (non-hydrogen) atoms. The van der Waals surface area contributed by atoms with E-state index in [4.69, 9.17) is 0 Å². The largest absolute Gasteiger partial charge is 0.352 e. The summed E-state index contributed by atoms with van der Waals surface area (Å²) >= 11 is 0. The van der Waals surface area contributed by atoms with Crippen molar-refractivity contribution in [1.29, 1.82) is 0 Å². The van der Waals surface area contributed by atoms with E-state index >= 15 is 0 Å². The molecule has 3 aromatic rings. The molecule has 0 bridgehead atoms. The number of hydrogen-bond donors (Lipinski definition) is 0. The molecule has 0 radical (unpaired) electrons. The molecule has 1 fully saturated rings. The summed E-state index contributed by atoms with van der Waals surface area (Å²) in [5.41, 5.74) is 2.32. The van der Waals surface area contributed by atoms with E-state index in [2.05, 4.69) is 54.9 Å². The van der Waals surface area contributed by atoms with Crippen molar-refractivity contribution in [3.63, 3.8) is 0 Å². The summed E-state index contributed by atoms with van der Waals surface area (Å²) in [5.74, 6) is 1.84. The van der Waals surface area contributed by atoms with E-state index in [1.807, 2.05) is 6.07 Å². The van der Waals surface area contributed by atoms with Crippen molar-refractivity contribution in [2.24, 2.45) is 0 Å². The zero-order valence-electron chi connectivity index (χ0n) is 13.8. The van der Waals surface area contributed by atoms with E-state index in [0.29, 0.717) is 0 Å². The maximum Gasteiger partial charge on any atom is 0.225 e. The third kappa shape index (κ3) is 2.75. The molecule has 6 nitrogen and oxygen atoms in total. The van der Waals surface area contributed by atoms with Crippen molar-refractivity contribution < 1.29 is 0 Å². The number of aromatic nitrogens is 4. The van der Waals surface area contributed by atoms with Gasteiger partial charge in [0.2, 0.25) is 5.95 Å². The average Bonchev–Trinajstić information content (AvgIpc) is 2.68. The van der Waals surface area contributed by atoms with Gasteiger partial charge in [-0.15, -0.1) is 0 Å². The fourth-order valence-corrected chi connectivity index (χ4v) is 3.13. The van der Waals surface area contributed by atoms with Gasteiger partial charge in [0.15, 0.2) is 0 Å². The molecule has 1 aliphatic heterocycles. The highest BCUT2D eigenvalue weighted by atomic mass is 15.3. The molecule has 0 atom stereocenters. The molecular formula is C18H20N6. The SMILES string of the molecule is CCc1ccc2ncnc(N3CCN(c4ncccn4)CC3)c2c1. The number of benzene rings is 1. The first-order chi connectivity index (χ1) is 11.8. The van der Waals surface area contributed by atoms with Crippen LogP contribution in [0.3, 0.4) is 0 Å². The predicted octanol–water partition coefficient (Wildman–Crippen LogP) is 2.31. The molecule has 2 aromatic heterocycles. The Hall–Kier alpha value is -2.76. The number of hydrogen-bond acceptors (Lipinski definition) is 6. The summed E-state index contributed by atoms with van der Waals surface area (Å²) < 4.78 is 0. The first kappa shape index (κ1) is 14.8. The van der Waals surface area contributed by atoms with Crippen molar-refractivity contribution in [3.8, 4) is 0 Å². The zero-order valence-corrected chi connectivity index (χ0v) is 13.8. The smallest absolute Gasteiger partial charge is 0.225 e. The Bertz CT molecular complexity index is 827. The molecule has 0 N–H and O–H groups in total. The van der Waals surface area contributed by atoms with E-state index in [1.54, 1.807) is 18.7 Å². The lowest BCUT2D eigenvalue weighted by molar-refractivity contribution is 0.636. The molecule has 1 aliphatic rings. The van der Waals surface area contributed by atoms with Crippen LogP contribution in [-0.4, -0.2) is 46.1 Å². The second-order valence-electron chi connectivity index (χ2n) is 5.93. The van der Waals surface area contributed by atoms with Crippen LogP contribution in [-0.2, 0) is 6.42 Å². The van der Waals surface area contributed by atoms with Gasteiger partial charge >= 0.3 is 0 Å². The summed E-state index contributed by atoms with van der Waals surface area (Å²) in [6.07, 6.45) is 6.26. The number of aryl methyl sites for hydroxylation is 1. The molecule has 6 heteroatoms. The number of rotatable bonds is 3. The molecule has 0 aliphatic carbocycles. The molecular weight excluding hydrogens is 300 g/mol. The van der Waals surface area contributed by atoms with Gasteiger partial charge in [-0.25, -0.2) is 19.9 Å². The molecule has 0 amide bonds. The summed E-state index contributed by atoms with van der Waals surface area (Å²) in [5, 5.41) is 1.14. The Labute approximate surface area is 141 Å². The summed E-state index contributed by atoms with van der Waals surface area (Å²) in [6.45, 7) is 5.76. The lowest BCUT2D eigenvalue weighted by Crippen LogP contribution is -2.47. The molecule has 4 rings (SSSR count). The van der Waals surface area contributed by atoms with Gasteiger partial charge < -0.3 is 9.80 Å². The molecule has 122 valence electrons. The van der Waals surface area contributed by atoms with Gasteiger partial charge in [0.25, 0.3) is 0 Å². The second-order valence-corrected chi connectivity index (χ2v) is 5.93. The van der Waals surface area contributed by atoms with Gasteiger partial charge in [0, 0.05) is 44.0 Å². The van der Waals surface area contributed by atoms with E-state index in [1.165, 1.54) is 5.56 Å². The Morgan fingerprint density at radius 2 is 1.67 bits per heavy atom. The van der Waals surface area contributed by atoms with Crippen molar-refractivity contribution in [2.45, 2.75) is 13.3 Å². The summed E-state index contributed by atoms with van der Waals surface area (Å²) in [4.78, 5) is 22.2. The number of nitrogens with zero attached hydrogens (tertiary/aromatic N) is 6. The Kier molecular flexibility index (Phi) is 3.94. The van der Waals surface area contributed by atoms with E-state index in [9.17, 15) is 0 Å². The number of fused-ring (bicyclic) bond motifs is 1. The minimum absolute atomic E-state index is 0.804. The highest BCUT2D eigenvalue weighted by molar-refractivity contribution is 5.90. The normalized spacial score (nSPS) is 15.0. The highest BCUT2D eigenvalue weighted by Crippen LogP contribution is 2.25. The topological polar surface area (TPSA) is 58.0 Å². The molecule has 0 unspecified atom stereocenters. The van der Waals surface area contributed by atoms with Crippen LogP contribution in [0.25, 0.3) is 10.9 Å². The minimum atomic E-state index is 0.804. The van der Waals surface area contributed by atoms with Crippen LogP contribution in [0.15, 0.2) is 43.0 Å². The van der Waals surface area contributed by atoms with Gasteiger partial charge in [0.05, 0.1) is 5.52 Å². The molecule has 0 spiro atoms. The van der Waals surface area contributed by atoms with Crippen LogP contribution in [0.2, 0.25) is 0 Å². The zero-order chi connectivity index (χ0) is 16.4. The molecule has 0 saturated carbocycles. The van der Waals surface area contributed by atoms with Crippen molar-refractivity contribution in [3.05, 3.63) is 48.5 Å². The van der Waals surface area contributed by atoms with Crippen molar-refractivity contribution in [1.82, 2.24) is 19.9 Å². The van der Waals surface area contributed by atoms with Crippen LogP contribution in [0.4, 0.5) is 11.8 Å². The van der Waals surface area contributed by atoms with E-state index in [-0.39, 0.29) is 0 Å². The lowest BCUT2D eigenvalue weighted by atomic mass is 10.1. The highest BCUT2D eigenvalue weighted by Gasteiger charge is 2.21. The van der Waals surface area contributed by atoms with E-state index < -0.39 is 0 Å². The molecule has 3 heterocycles. The third-order valence-corrected chi connectivity index (χ3v) is 4.50. The Morgan fingerprint density at radius 3 is 2.42 bits per heavy atom. The fraction of sp³-hybridized carbons (Fsp3) is 0.333. The van der Waals surface area contributed by atoms with Crippen LogP contribution in [0, 0.1) is 0 Å². The number of anilines is 2. The van der Waals surface area contributed by atoms with Gasteiger partial charge in [0.1, 0.15) is 12.1 Å². The van der Waals surface area contributed by atoms with Crippen LogP contribution >= 0.6 is 0 Å². The fourth-order valence-electron chi connectivity index (χ4n) is 3.13. The minimum Gasteiger partial charge on any atom is -0.352 e. The van der Waals surface area contributed by atoms with Gasteiger partial charge in [-0.05, 0) is 30.2 Å². The van der Waals surface area contributed by atoms with Gasteiger partial charge in [-0.3, -0.25) is 0 Å². The van der Waals surface area contributed by atoms with Crippen LogP contribution < -0.4 is 9.80 Å². The summed E-state index contributed by atoms with van der Waals surface area (Å²) in [6, 6.07) is 8.30. The quantitative estimate of drug-likeness (QED) is 0.738. The maximum absolute atomic E-state index is 4.57. The molecule has 1 aromatic carbocycles.